The third kappa shape index (κ3) is 2.61. The number of thiophene rings is 1. The first-order valence-electron chi connectivity index (χ1n) is 6.88. The van der Waals surface area contributed by atoms with E-state index in [0.29, 0.717) is 11.0 Å². The number of aryl methyl sites for hydroxylation is 2. The zero-order valence-electron chi connectivity index (χ0n) is 12.1. The lowest BCUT2D eigenvalue weighted by Crippen LogP contribution is -2.06. The van der Waals surface area contributed by atoms with Gasteiger partial charge in [-0.25, -0.2) is 9.67 Å². The van der Waals surface area contributed by atoms with Gasteiger partial charge in [-0.1, -0.05) is 18.5 Å². The van der Waals surface area contributed by atoms with E-state index in [-0.39, 0.29) is 0 Å². The molecule has 0 amide bonds. The number of anilines is 1. The lowest BCUT2D eigenvalue weighted by molar-refractivity contribution is 0.837. The van der Waals surface area contributed by atoms with Gasteiger partial charge < -0.3 is 5.32 Å². The molecule has 7 heteroatoms. The van der Waals surface area contributed by atoms with Gasteiger partial charge in [-0.15, -0.1) is 11.3 Å². The van der Waals surface area contributed by atoms with E-state index in [1.807, 2.05) is 13.8 Å². The number of hydrogen-bond acceptors (Lipinski definition) is 5. The van der Waals surface area contributed by atoms with Crippen LogP contribution in [0.3, 0.4) is 0 Å². The van der Waals surface area contributed by atoms with Crippen molar-refractivity contribution in [2.45, 2.75) is 27.2 Å². The first-order valence-corrected chi connectivity index (χ1v) is 8.08. The number of halogens is 1. The van der Waals surface area contributed by atoms with Crippen molar-refractivity contribution in [2.24, 2.45) is 0 Å². The maximum Gasteiger partial charge on any atom is 0.226 e. The summed E-state index contributed by atoms with van der Waals surface area (Å²) in [6.07, 6.45) is 2.77. The molecule has 3 heterocycles. The highest BCUT2D eigenvalue weighted by Crippen LogP contribution is 2.30. The molecule has 5 nitrogen and oxygen atoms in total. The molecular formula is C14H16ClN5S. The van der Waals surface area contributed by atoms with Gasteiger partial charge in [0.2, 0.25) is 5.95 Å². The summed E-state index contributed by atoms with van der Waals surface area (Å²) in [6, 6.07) is 2.13. The van der Waals surface area contributed by atoms with Crippen molar-refractivity contribution < 1.29 is 0 Å². The predicted molar refractivity (Wildman–Crippen MR) is 87.8 cm³/mol. The summed E-state index contributed by atoms with van der Waals surface area (Å²) in [4.78, 5) is 11.4. The second-order valence-corrected chi connectivity index (χ2v) is 6.22. The van der Waals surface area contributed by atoms with Crippen LogP contribution in [0, 0.1) is 6.92 Å². The van der Waals surface area contributed by atoms with Gasteiger partial charge in [0, 0.05) is 11.4 Å². The largest absolute Gasteiger partial charge is 0.354 e. The van der Waals surface area contributed by atoms with Crippen LogP contribution in [-0.2, 0) is 6.42 Å². The molecule has 3 rings (SSSR count). The fraction of sp³-hybridized carbons (Fsp3) is 0.357. The minimum Gasteiger partial charge on any atom is -0.354 e. The van der Waals surface area contributed by atoms with Gasteiger partial charge in [0.1, 0.15) is 4.83 Å². The Morgan fingerprint density at radius 1 is 1.33 bits per heavy atom. The van der Waals surface area contributed by atoms with Crippen molar-refractivity contribution >= 4 is 39.1 Å². The smallest absolute Gasteiger partial charge is 0.226 e. The molecule has 0 spiro atoms. The Kier molecular flexibility index (Phi) is 3.82. The molecule has 0 bridgehead atoms. The van der Waals surface area contributed by atoms with Crippen LogP contribution in [0.2, 0.25) is 5.02 Å². The van der Waals surface area contributed by atoms with Crippen molar-refractivity contribution in [3.63, 3.8) is 0 Å². The third-order valence-electron chi connectivity index (χ3n) is 3.16. The molecule has 0 aliphatic heterocycles. The first kappa shape index (κ1) is 14.3. The summed E-state index contributed by atoms with van der Waals surface area (Å²) in [7, 11) is 0. The van der Waals surface area contributed by atoms with Crippen molar-refractivity contribution in [1.29, 1.82) is 0 Å². The van der Waals surface area contributed by atoms with Crippen LogP contribution in [0.25, 0.3) is 16.0 Å². The predicted octanol–water partition coefficient (Wildman–Crippen LogP) is 3.83. The quantitative estimate of drug-likeness (QED) is 0.793. The van der Waals surface area contributed by atoms with Gasteiger partial charge in [-0.3, -0.25) is 0 Å². The number of aromatic nitrogens is 4. The van der Waals surface area contributed by atoms with E-state index in [2.05, 4.69) is 33.4 Å². The monoisotopic (exact) mass is 321 g/mol. The minimum absolute atomic E-state index is 0.619. The molecule has 0 fully saturated rings. The van der Waals surface area contributed by atoms with Gasteiger partial charge >= 0.3 is 0 Å². The molecule has 110 valence electrons. The molecule has 0 aliphatic carbocycles. The maximum atomic E-state index is 6.12. The molecule has 0 atom stereocenters. The summed E-state index contributed by atoms with van der Waals surface area (Å²) in [6.45, 7) is 6.81. The Morgan fingerprint density at radius 3 is 2.76 bits per heavy atom. The number of nitrogens with one attached hydrogen (secondary N) is 1. The fourth-order valence-corrected chi connectivity index (χ4v) is 3.18. The lowest BCUT2D eigenvalue weighted by atomic mass is 10.3. The summed E-state index contributed by atoms with van der Waals surface area (Å²) >= 11 is 7.82. The van der Waals surface area contributed by atoms with Crippen LogP contribution >= 0.6 is 22.9 Å². The van der Waals surface area contributed by atoms with Crippen molar-refractivity contribution in [3.8, 4) is 5.82 Å². The highest BCUT2D eigenvalue weighted by Gasteiger charge is 2.14. The Balaban J connectivity index is 2.24. The first-order chi connectivity index (χ1) is 10.1. The highest BCUT2D eigenvalue weighted by molar-refractivity contribution is 7.18. The molecule has 0 saturated heterocycles. The van der Waals surface area contributed by atoms with Crippen LogP contribution in [0.5, 0.6) is 0 Å². The zero-order chi connectivity index (χ0) is 15.0. The number of rotatable bonds is 4. The highest BCUT2D eigenvalue weighted by atomic mass is 35.5. The Morgan fingerprint density at radius 2 is 2.14 bits per heavy atom. The Bertz CT molecular complexity index is 773. The molecule has 1 N–H and O–H groups in total. The molecule has 21 heavy (non-hydrogen) atoms. The van der Waals surface area contributed by atoms with Crippen LogP contribution in [0.15, 0.2) is 12.3 Å². The van der Waals surface area contributed by atoms with Gasteiger partial charge in [-0.2, -0.15) is 10.1 Å². The molecule has 3 aromatic rings. The SMILES string of the molecule is CCNc1nc(-n2cc(Cl)c(C)n2)c2cc(CC)sc2n1. The van der Waals surface area contributed by atoms with Gasteiger partial charge in [0.15, 0.2) is 5.82 Å². The lowest BCUT2D eigenvalue weighted by Gasteiger charge is -2.06. The fourth-order valence-electron chi connectivity index (χ4n) is 2.09. The third-order valence-corrected chi connectivity index (χ3v) is 4.71. The van der Waals surface area contributed by atoms with E-state index in [4.69, 9.17) is 11.6 Å². The van der Waals surface area contributed by atoms with Crippen molar-refractivity contribution in [2.75, 3.05) is 11.9 Å². The summed E-state index contributed by atoms with van der Waals surface area (Å²) in [5.41, 5.74) is 0.791. The molecule has 0 aromatic carbocycles. The van der Waals surface area contributed by atoms with E-state index in [1.165, 1.54) is 4.88 Å². The average Bonchev–Trinajstić information content (AvgIpc) is 3.02. The number of hydrogen-bond donors (Lipinski definition) is 1. The molecular weight excluding hydrogens is 306 g/mol. The van der Waals surface area contributed by atoms with Crippen molar-refractivity contribution in [3.05, 3.63) is 27.9 Å². The van der Waals surface area contributed by atoms with Gasteiger partial charge in [0.05, 0.1) is 22.3 Å². The molecule has 0 aliphatic rings. The zero-order valence-corrected chi connectivity index (χ0v) is 13.7. The molecule has 3 aromatic heterocycles. The minimum atomic E-state index is 0.619. The summed E-state index contributed by atoms with van der Waals surface area (Å²) < 4.78 is 1.73. The van der Waals surface area contributed by atoms with Crippen LogP contribution in [-0.4, -0.2) is 26.3 Å². The molecule has 0 saturated carbocycles. The standard InChI is InChI=1S/C14H16ClN5S/c1-4-9-6-10-12(20-7-11(15)8(3)19-20)17-14(16-5-2)18-13(10)21-9/h6-7H,4-5H2,1-3H3,(H,16,17,18). The second-order valence-electron chi connectivity index (χ2n) is 4.69. The van der Waals surface area contributed by atoms with Crippen LogP contribution in [0.4, 0.5) is 5.95 Å². The number of nitrogens with zero attached hydrogens (tertiary/aromatic N) is 4. The summed E-state index contributed by atoms with van der Waals surface area (Å²) in [5, 5.41) is 9.26. The topological polar surface area (TPSA) is 55.6 Å². The van der Waals surface area contributed by atoms with E-state index in [0.717, 1.165) is 34.7 Å². The van der Waals surface area contributed by atoms with Crippen LogP contribution < -0.4 is 5.32 Å². The maximum absolute atomic E-state index is 6.12. The second kappa shape index (κ2) is 5.61. The number of fused-ring (bicyclic) bond motifs is 1. The molecule has 0 radical (unpaired) electrons. The van der Waals surface area contributed by atoms with Gasteiger partial charge in [-0.05, 0) is 26.3 Å². The normalized spacial score (nSPS) is 11.2. The average molecular weight is 322 g/mol. The Labute approximate surface area is 132 Å². The summed E-state index contributed by atoms with van der Waals surface area (Å²) in [5.74, 6) is 1.38. The van der Waals surface area contributed by atoms with Crippen molar-refractivity contribution in [1.82, 2.24) is 19.7 Å². The van der Waals surface area contributed by atoms with Gasteiger partial charge in [0.25, 0.3) is 0 Å². The molecule has 0 unspecified atom stereocenters. The Hall–Kier alpha value is -1.66. The van der Waals surface area contributed by atoms with Crippen LogP contribution in [0.1, 0.15) is 24.4 Å². The van der Waals surface area contributed by atoms with E-state index >= 15 is 0 Å². The van der Waals surface area contributed by atoms with E-state index in [1.54, 1.807) is 22.2 Å². The van der Waals surface area contributed by atoms with E-state index in [9.17, 15) is 0 Å². The van der Waals surface area contributed by atoms with E-state index < -0.39 is 0 Å².